The van der Waals surface area contributed by atoms with E-state index in [2.05, 4.69) is 10.3 Å². The van der Waals surface area contributed by atoms with Gasteiger partial charge in [-0.2, -0.15) is 0 Å². The summed E-state index contributed by atoms with van der Waals surface area (Å²) in [6.45, 7) is 4.54. The number of nitrogens with zero attached hydrogens (tertiary/aromatic N) is 3. The van der Waals surface area contributed by atoms with Crippen LogP contribution in [0.5, 0.6) is 0 Å². The fourth-order valence-electron chi connectivity index (χ4n) is 2.62. The van der Waals surface area contributed by atoms with E-state index in [1.165, 1.54) is 11.3 Å². The summed E-state index contributed by atoms with van der Waals surface area (Å²) in [5, 5.41) is 5.60. The van der Waals surface area contributed by atoms with Gasteiger partial charge in [-0.25, -0.2) is 9.78 Å². The largest absolute Gasteiger partial charge is 0.334 e. The number of hydrogen-bond acceptors (Lipinski definition) is 4. The van der Waals surface area contributed by atoms with Crippen molar-refractivity contribution in [2.75, 3.05) is 26.2 Å². The molecular formula is C17H20N4O2S. The maximum Gasteiger partial charge on any atom is 0.317 e. The molecule has 1 N–H and O–H groups in total. The van der Waals surface area contributed by atoms with Crippen molar-refractivity contribution in [1.29, 1.82) is 0 Å². The predicted molar refractivity (Wildman–Crippen MR) is 93.0 cm³/mol. The molecule has 1 aromatic carbocycles. The Labute approximate surface area is 145 Å². The molecule has 0 unspecified atom stereocenters. The Hall–Kier alpha value is -2.41. The van der Waals surface area contributed by atoms with E-state index >= 15 is 0 Å². The number of nitrogens with one attached hydrogen (secondary N) is 1. The van der Waals surface area contributed by atoms with E-state index in [-0.39, 0.29) is 11.9 Å². The lowest BCUT2D eigenvalue weighted by Crippen LogP contribution is -2.53. The van der Waals surface area contributed by atoms with E-state index in [9.17, 15) is 9.59 Å². The predicted octanol–water partition coefficient (Wildman–Crippen LogP) is 2.12. The summed E-state index contributed by atoms with van der Waals surface area (Å²) in [7, 11) is 0. The number of rotatable bonds is 3. The molecule has 3 rings (SSSR count). The maximum atomic E-state index is 12.4. The van der Waals surface area contributed by atoms with Crippen LogP contribution in [0.25, 0.3) is 0 Å². The van der Waals surface area contributed by atoms with Gasteiger partial charge in [0.2, 0.25) is 0 Å². The van der Waals surface area contributed by atoms with Crippen molar-refractivity contribution in [3.63, 3.8) is 0 Å². The van der Waals surface area contributed by atoms with Gasteiger partial charge in [0.25, 0.3) is 5.91 Å². The minimum atomic E-state index is -0.0875. The zero-order valence-electron chi connectivity index (χ0n) is 13.6. The van der Waals surface area contributed by atoms with Crippen LogP contribution in [0.4, 0.5) is 4.79 Å². The molecule has 2 heterocycles. The van der Waals surface area contributed by atoms with Crippen molar-refractivity contribution in [2.24, 2.45) is 0 Å². The quantitative estimate of drug-likeness (QED) is 0.927. The summed E-state index contributed by atoms with van der Waals surface area (Å²) in [4.78, 5) is 32.3. The van der Waals surface area contributed by atoms with Crippen molar-refractivity contribution in [1.82, 2.24) is 20.1 Å². The number of carbonyl (C=O) groups excluding carboxylic acids is 2. The Bertz CT molecular complexity index is 708. The molecule has 126 valence electrons. The number of aryl methyl sites for hydroxylation is 1. The SMILES string of the molecule is Cc1nc(C(=O)N2CCN(C(=O)NCc3ccccc3)CC2)cs1. The van der Waals surface area contributed by atoms with Gasteiger partial charge in [0.05, 0.1) is 5.01 Å². The van der Waals surface area contributed by atoms with E-state index in [0.29, 0.717) is 38.4 Å². The van der Waals surface area contributed by atoms with Crippen LogP contribution in [0, 0.1) is 6.92 Å². The van der Waals surface area contributed by atoms with Crippen molar-refractivity contribution in [3.8, 4) is 0 Å². The van der Waals surface area contributed by atoms with Gasteiger partial charge < -0.3 is 15.1 Å². The first kappa shape index (κ1) is 16.4. The lowest BCUT2D eigenvalue weighted by Gasteiger charge is -2.34. The van der Waals surface area contributed by atoms with Crippen molar-refractivity contribution in [3.05, 3.63) is 52.0 Å². The van der Waals surface area contributed by atoms with E-state index in [0.717, 1.165) is 10.6 Å². The zero-order valence-corrected chi connectivity index (χ0v) is 14.4. The third-order valence-electron chi connectivity index (χ3n) is 3.98. The van der Waals surface area contributed by atoms with Gasteiger partial charge in [-0.15, -0.1) is 11.3 Å². The molecule has 0 atom stereocenters. The van der Waals surface area contributed by atoms with Crippen molar-refractivity contribution >= 4 is 23.3 Å². The average Bonchev–Trinajstić information content (AvgIpc) is 3.06. The van der Waals surface area contributed by atoms with Crippen LogP contribution in [-0.4, -0.2) is 52.9 Å². The number of aromatic nitrogens is 1. The maximum absolute atomic E-state index is 12.4. The topological polar surface area (TPSA) is 65.5 Å². The Kier molecular flexibility index (Phi) is 5.10. The van der Waals surface area contributed by atoms with Crippen LogP contribution in [0.2, 0.25) is 0 Å². The van der Waals surface area contributed by atoms with Gasteiger partial charge >= 0.3 is 6.03 Å². The zero-order chi connectivity index (χ0) is 16.9. The molecule has 1 aliphatic heterocycles. The van der Waals surface area contributed by atoms with E-state index in [4.69, 9.17) is 0 Å². The second-order valence-corrected chi connectivity index (χ2v) is 6.74. The number of piperazine rings is 1. The Morgan fingerprint density at radius 1 is 1.12 bits per heavy atom. The highest BCUT2D eigenvalue weighted by atomic mass is 32.1. The lowest BCUT2D eigenvalue weighted by atomic mass is 10.2. The van der Waals surface area contributed by atoms with Gasteiger partial charge in [0.1, 0.15) is 5.69 Å². The molecule has 7 heteroatoms. The smallest absolute Gasteiger partial charge is 0.317 e. The van der Waals surface area contributed by atoms with Crippen LogP contribution in [0.3, 0.4) is 0 Å². The normalized spacial score (nSPS) is 14.5. The fraction of sp³-hybridized carbons (Fsp3) is 0.353. The molecule has 3 amide bonds. The summed E-state index contributed by atoms with van der Waals surface area (Å²) in [5.74, 6) is -0.0521. The number of urea groups is 1. The Balaban J connectivity index is 1.47. The summed E-state index contributed by atoms with van der Waals surface area (Å²) in [6, 6.07) is 9.72. The molecule has 6 nitrogen and oxygen atoms in total. The molecule has 2 aromatic rings. The monoisotopic (exact) mass is 344 g/mol. The molecule has 0 bridgehead atoms. The summed E-state index contributed by atoms with van der Waals surface area (Å²) < 4.78 is 0. The molecule has 1 fully saturated rings. The first-order chi connectivity index (χ1) is 11.6. The Morgan fingerprint density at radius 2 is 1.79 bits per heavy atom. The molecule has 1 aromatic heterocycles. The van der Waals surface area contributed by atoms with E-state index in [1.807, 2.05) is 37.3 Å². The third kappa shape index (κ3) is 3.91. The number of amides is 3. The number of hydrogen-bond donors (Lipinski definition) is 1. The molecule has 0 aliphatic carbocycles. The number of benzene rings is 1. The van der Waals surface area contributed by atoms with Crippen LogP contribution in [-0.2, 0) is 6.54 Å². The van der Waals surface area contributed by atoms with Crippen LogP contribution in [0.1, 0.15) is 21.1 Å². The fourth-order valence-corrected chi connectivity index (χ4v) is 3.21. The van der Waals surface area contributed by atoms with Gasteiger partial charge in [-0.1, -0.05) is 30.3 Å². The first-order valence-electron chi connectivity index (χ1n) is 7.91. The molecule has 0 spiro atoms. The Morgan fingerprint density at radius 3 is 2.42 bits per heavy atom. The molecule has 0 saturated carbocycles. The third-order valence-corrected chi connectivity index (χ3v) is 4.75. The second-order valence-electron chi connectivity index (χ2n) is 5.68. The lowest BCUT2D eigenvalue weighted by molar-refractivity contribution is 0.0660. The number of thiazole rings is 1. The molecule has 24 heavy (non-hydrogen) atoms. The minimum Gasteiger partial charge on any atom is -0.334 e. The van der Waals surface area contributed by atoms with E-state index in [1.54, 1.807) is 15.2 Å². The molecule has 1 aliphatic rings. The second kappa shape index (κ2) is 7.44. The van der Waals surface area contributed by atoms with E-state index < -0.39 is 0 Å². The summed E-state index contributed by atoms with van der Waals surface area (Å²) in [5.41, 5.74) is 1.57. The minimum absolute atomic E-state index is 0.0521. The molecule has 0 radical (unpaired) electrons. The van der Waals surface area contributed by atoms with Gasteiger partial charge in [0, 0.05) is 38.1 Å². The first-order valence-corrected chi connectivity index (χ1v) is 8.79. The van der Waals surface area contributed by atoms with Crippen LogP contribution >= 0.6 is 11.3 Å². The van der Waals surface area contributed by atoms with Crippen LogP contribution in [0.15, 0.2) is 35.7 Å². The highest BCUT2D eigenvalue weighted by Crippen LogP contribution is 2.12. The highest BCUT2D eigenvalue weighted by Gasteiger charge is 2.25. The van der Waals surface area contributed by atoms with Gasteiger partial charge in [-0.3, -0.25) is 4.79 Å². The number of carbonyl (C=O) groups is 2. The molecular weight excluding hydrogens is 324 g/mol. The summed E-state index contributed by atoms with van der Waals surface area (Å²) in [6.07, 6.45) is 0. The summed E-state index contributed by atoms with van der Waals surface area (Å²) >= 11 is 1.47. The van der Waals surface area contributed by atoms with Crippen LogP contribution < -0.4 is 5.32 Å². The highest BCUT2D eigenvalue weighted by molar-refractivity contribution is 7.09. The average molecular weight is 344 g/mol. The van der Waals surface area contributed by atoms with Gasteiger partial charge in [0.15, 0.2) is 0 Å². The van der Waals surface area contributed by atoms with Crippen molar-refractivity contribution in [2.45, 2.75) is 13.5 Å². The van der Waals surface area contributed by atoms with Gasteiger partial charge in [-0.05, 0) is 12.5 Å². The standard InChI is InChI=1S/C17H20N4O2S/c1-13-19-15(12-24-13)16(22)20-7-9-21(10-8-20)17(23)18-11-14-5-3-2-4-6-14/h2-6,12H,7-11H2,1H3,(H,18,23). The molecule has 1 saturated heterocycles. The van der Waals surface area contributed by atoms with Crippen molar-refractivity contribution < 1.29 is 9.59 Å².